The Balaban J connectivity index is 1.03. The summed E-state index contributed by atoms with van der Waals surface area (Å²) < 4.78 is 4.88. The highest BCUT2D eigenvalue weighted by atomic mass is 15.0. The van der Waals surface area contributed by atoms with Crippen LogP contribution in [0, 0.1) is 0 Å². The van der Waals surface area contributed by atoms with Crippen LogP contribution in [0.5, 0.6) is 0 Å². The Morgan fingerprint density at radius 3 is 1.66 bits per heavy atom. The minimum atomic E-state index is 0.635. The molecule has 0 aliphatic heterocycles. The predicted octanol–water partition coefficient (Wildman–Crippen LogP) is 14.5. The van der Waals surface area contributed by atoms with Gasteiger partial charge < -0.3 is 9.13 Å². The first-order valence-electron chi connectivity index (χ1n) is 21.0. The van der Waals surface area contributed by atoms with Crippen molar-refractivity contribution in [3.8, 4) is 45.5 Å². The molecule has 13 rings (SSSR count). The molecule has 0 unspecified atom stereocenters. The van der Waals surface area contributed by atoms with Crippen LogP contribution in [0.15, 0.2) is 212 Å². The van der Waals surface area contributed by atoms with E-state index in [0.29, 0.717) is 17.5 Å². The Labute approximate surface area is 356 Å². The van der Waals surface area contributed by atoms with Gasteiger partial charge in [-0.3, -0.25) is 0 Å². The number of aromatic nitrogens is 5. The van der Waals surface area contributed by atoms with Crippen molar-refractivity contribution >= 4 is 75.9 Å². The molecule has 0 atom stereocenters. The Morgan fingerprint density at radius 2 is 0.855 bits per heavy atom. The van der Waals surface area contributed by atoms with Gasteiger partial charge in [0.25, 0.3) is 0 Å². The third-order valence-electron chi connectivity index (χ3n) is 12.5. The molecule has 288 valence electrons. The molecule has 0 saturated heterocycles. The molecule has 13 aromatic rings. The molecule has 0 aliphatic rings. The zero-order chi connectivity index (χ0) is 40.7. The molecular weight excluding hydrogens is 755 g/mol. The van der Waals surface area contributed by atoms with Gasteiger partial charge in [0.05, 0.1) is 27.8 Å². The highest BCUT2D eigenvalue weighted by Gasteiger charge is 2.21. The predicted molar refractivity (Wildman–Crippen MR) is 257 cm³/mol. The van der Waals surface area contributed by atoms with E-state index in [-0.39, 0.29) is 0 Å². The normalized spacial score (nSPS) is 11.9. The van der Waals surface area contributed by atoms with Crippen molar-refractivity contribution in [2.75, 3.05) is 0 Å². The minimum absolute atomic E-state index is 0.635. The lowest BCUT2D eigenvalue weighted by molar-refractivity contribution is 1.07. The maximum Gasteiger partial charge on any atom is 0.164 e. The summed E-state index contributed by atoms with van der Waals surface area (Å²) in [6.45, 7) is 0. The molecule has 0 bridgehead atoms. The lowest BCUT2D eigenvalue weighted by atomic mass is 10.0. The van der Waals surface area contributed by atoms with Crippen LogP contribution in [0.4, 0.5) is 0 Å². The van der Waals surface area contributed by atoms with Crippen molar-refractivity contribution in [1.82, 2.24) is 24.1 Å². The van der Waals surface area contributed by atoms with E-state index in [1.54, 1.807) is 0 Å². The third kappa shape index (κ3) is 5.32. The van der Waals surface area contributed by atoms with Crippen molar-refractivity contribution in [2.45, 2.75) is 0 Å². The number of benzene rings is 10. The van der Waals surface area contributed by atoms with Crippen LogP contribution < -0.4 is 0 Å². The smallest absolute Gasteiger partial charge is 0.164 e. The molecule has 0 radical (unpaired) electrons. The number of fused-ring (bicyclic) bond motifs is 10. The summed E-state index contributed by atoms with van der Waals surface area (Å²) in [5.74, 6) is 1.92. The van der Waals surface area contributed by atoms with Crippen LogP contribution >= 0.6 is 0 Å². The van der Waals surface area contributed by atoms with E-state index in [0.717, 1.165) is 49.7 Å². The third-order valence-corrected chi connectivity index (χ3v) is 12.5. The summed E-state index contributed by atoms with van der Waals surface area (Å²) in [5.41, 5.74) is 9.81. The van der Waals surface area contributed by atoms with E-state index in [4.69, 9.17) is 15.0 Å². The summed E-state index contributed by atoms with van der Waals surface area (Å²) in [7, 11) is 0. The first kappa shape index (κ1) is 34.5. The van der Waals surface area contributed by atoms with Gasteiger partial charge in [-0.1, -0.05) is 158 Å². The van der Waals surface area contributed by atoms with Crippen LogP contribution in [0.2, 0.25) is 0 Å². The second kappa shape index (κ2) is 13.6. The van der Waals surface area contributed by atoms with Crippen molar-refractivity contribution < 1.29 is 0 Å². The molecule has 3 aromatic heterocycles. The maximum atomic E-state index is 5.14. The Kier molecular flexibility index (Phi) is 7.54. The van der Waals surface area contributed by atoms with Gasteiger partial charge in [-0.25, -0.2) is 15.0 Å². The molecule has 5 heteroatoms. The van der Waals surface area contributed by atoms with Crippen molar-refractivity contribution in [3.05, 3.63) is 212 Å². The Morgan fingerprint density at radius 1 is 0.274 bits per heavy atom. The second-order valence-electron chi connectivity index (χ2n) is 16.0. The standard InChI is InChI=1S/C57H35N5/c1-3-16-38(17-4-1)55-58-56(41-27-26-36-14-7-8-18-39(36)32-41)60-57(59-55)42-28-30-44-40(33-42)19-13-25-49(44)62-50-24-12-11-23-46(50)47-34-53-48(35-52(47)62)54-45-22-10-9-15-37(45)29-31-51(54)61(53)43-20-5-2-6-21-43/h1-35H. The minimum Gasteiger partial charge on any atom is -0.309 e. The molecule has 62 heavy (non-hydrogen) atoms. The molecule has 0 aliphatic carbocycles. The Bertz CT molecular complexity index is 3920. The van der Waals surface area contributed by atoms with Crippen molar-refractivity contribution in [3.63, 3.8) is 0 Å². The van der Waals surface area contributed by atoms with E-state index in [2.05, 4.69) is 203 Å². The van der Waals surface area contributed by atoms with Gasteiger partial charge in [-0.15, -0.1) is 0 Å². The average molecular weight is 790 g/mol. The summed E-state index contributed by atoms with van der Waals surface area (Å²) in [4.78, 5) is 15.3. The zero-order valence-corrected chi connectivity index (χ0v) is 33.4. The SMILES string of the molecule is c1ccc(-c2nc(-c3ccc4ccccc4c3)nc(-c3ccc4c(-n5c6ccccc6c6cc7c(cc65)c5c6ccccc6ccc5n7-c5ccccc5)cccc4c3)n2)cc1. The number of hydrogen-bond donors (Lipinski definition) is 0. The molecule has 5 nitrogen and oxygen atoms in total. The average Bonchev–Trinajstić information content (AvgIpc) is 3.85. The first-order valence-corrected chi connectivity index (χ1v) is 21.0. The van der Waals surface area contributed by atoms with E-state index in [1.165, 1.54) is 54.3 Å². The molecule has 0 saturated carbocycles. The van der Waals surface area contributed by atoms with Gasteiger partial charge in [0.1, 0.15) is 0 Å². The summed E-state index contributed by atoms with van der Waals surface area (Å²) in [5, 5.41) is 12.0. The molecule has 0 amide bonds. The van der Waals surface area contributed by atoms with Gasteiger partial charge in [0.2, 0.25) is 0 Å². The van der Waals surface area contributed by atoms with Crippen LogP contribution in [-0.4, -0.2) is 24.1 Å². The first-order chi connectivity index (χ1) is 30.7. The topological polar surface area (TPSA) is 48.5 Å². The fraction of sp³-hybridized carbons (Fsp3) is 0. The molecular formula is C57H35N5. The zero-order valence-electron chi connectivity index (χ0n) is 33.4. The van der Waals surface area contributed by atoms with Crippen LogP contribution in [0.25, 0.3) is 121 Å². The monoisotopic (exact) mass is 789 g/mol. The summed E-state index contributed by atoms with van der Waals surface area (Å²) in [6, 6.07) is 75.8. The fourth-order valence-corrected chi connectivity index (χ4v) is 9.64. The van der Waals surface area contributed by atoms with E-state index in [1.807, 2.05) is 18.2 Å². The number of para-hydroxylation sites is 2. The lowest BCUT2D eigenvalue weighted by Gasteiger charge is -2.13. The second-order valence-corrected chi connectivity index (χ2v) is 16.0. The molecule has 10 aromatic carbocycles. The van der Waals surface area contributed by atoms with Crippen LogP contribution in [-0.2, 0) is 0 Å². The molecule has 0 N–H and O–H groups in total. The van der Waals surface area contributed by atoms with Gasteiger partial charge in [-0.05, 0) is 81.5 Å². The maximum absolute atomic E-state index is 5.14. The number of nitrogens with zero attached hydrogens (tertiary/aromatic N) is 5. The number of rotatable bonds is 5. The van der Waals surface area contributed by atoms with Crippen molar-refractivity contribution in [1.29, 1.82) is 0 Å². The summed E-state index contributed by atoms with van der Waals surface area (Å²) in [6.07, 6.45) is 0. The lowest BCUT2D eigenvalue weighted by Crippen LogP contribution is -2.00. The van der Waals surface area contributed by atoms with Crippen LogP contribution in [0.1, 0.15) is 0 Å². The molecule has 3 heterocycles. The van der Waals surface area contributed by atoms with E-state index in [9.17, 15) is 0 Å². The van der Waals surface area contributed by atoms with E-state index < -0.39 is 0 Å². The fourth-order valence-electron chi connectivity index (χ4n) is 9.64. The largest absolute Gasteiger partial charge is 0.309 e. The van der Waals surface area contributed by atoms with Gasteiger partial charge in [0.15, 0.2) is 17.5 Å². The highest BCUT2D eigenvalue weighted by molar-refractivity contribution is 6.25. The van der Waals surface area contributed by atoms with E-state index >= 15 is 0 Å². The quantitative estimate of drug-likeness (QED) is 0.174. The van der Waals surface area contributed by atoms with Crippen LogP contribution in [0.3, 0.4) is 0 Å². The van der Waals surface area contributed by atoms with Gasteiger partial charge in [-0.2, -0.15) is 0 Å². The number of hydrogen-bond acceptors (Lipinski definition) is 3. The molecule has 0 spiro atoms. The van der Waals surface area contributed by atoms with Crippen molar-refractivity contribution in [2.24, 2.45) is 0 Å². The Hall–Kier alpha value is -8.41. The summed E-state index contributed by atoms with van der Waals surface area (Å²) >= 11 is 0. The van der Waals surface area contributed by atoms with Gasteiger partial charge in [0, 0.05) is 49.3 Å². The molecule has 0 fully saturated rings. The highest BCUT2D eigenvalue weighted by Crippen LogP contribution is 2.43. The van der Waals surface area contributed by atoms with Gasteiger partial charge >= 0.3 is 0 Å².